The minimum Gasteiger partial charge on any atom is -0.390 e. The van der Waals surface area contributed by atoms with Gasteiger partial charge in [0.15, 0.2) is 0 Å². The van der Waals surface area contributed by atoms with Crippen molar-refractivity contribution in [2.45, 2.75) is 38.2 Å². The molecule has 0 saturated heterocycles. The van der Waals surface area contributed by atoms with Gasteiger partial charge in [0.05, 0.1) is 10.6 Å². The molecule has 0 radical (unpaired) electrons. The first-order chi connectivity index (χ1) is 7.09. The van der Waals surface area contributed by atoms with E-state index in [1.807, 2.05) is 6.07 Å². The molecule has 0 spiro atoms. The Hall–Kier alpha value is -0.600. The van der Waals surface area contributed by atoms with Crippen LogP contribution in [0.4, 0.5) is 0 Å². The van der Waals surface area contributed by atoms with E-state index >= 15 is 0 Å². The molecule has 1 aliphatic rings. The number of aliphatic hydroxyl groups is 1. The topological polar surface area (TPSA) is 33.1 Å². The summed E-state index contributed by atoms with van der Waals surface area (Å²) in [5.74, 6) is 0.621. The van der Waals surface area contributed by atoms with E-state index in [9.17, 15) is 5.11 Å². The van der Waals surface area contributed by atoms with Crippen LogP contribution in [0.15, 0.2) is 18.5 Å². The minimum atomic E-state index is -0.551. The van der Waals surface area contributed by atoms with Crippen molar-refractivity contribution in [3.05, 3.63) is 29.0 Å². The summed E-state index contributed by atoms with van der Waals surface area (Å²) >= 11 is 6.03. The van der Waals surface area contributed by atoms with Crippen molar-refractivity contribution in [1.29, 1.82) is 0 Å². The molecule has 0 bridgehead atoms. The Balaban J connectivity index is 2.12. The fourth-order valence-electron chi connectivity index (χ4n) is 2.43. The summed E-state index contributed by atoms with van der Waals surface area (Å²) in [6.07, 6.45) is 6.89. The van der Waals surface area contributed by atoms with Crippen molar-refractivity contribution in [3.63, 3.8) is 0 Å². The Kier molecular flexibility index (Phi) is 2.98. The van der Waals surface area contributed by atoms with Crippen molar-refractivity contribution in [3.8, 4) is 0 Å². The second-order valence-electron chi connectivity index (χ2n) is 4.72. The molecule has 0 aromatic carbocycles. The number of aromatic nitrogens is 1. The van der Waals surface area contributed by atoms with Gasteiger partial charge in [-0.05, 0) is 36.8 Å². The van der Waals surface area contributed by atoms with E-state index in [4.69, 9.17) is 11.6 Å². The predicted octanol–water partition coefficient (Wildman–Crippen LogP) is 2.83. The Bertz CT molecular complexity index is 355. The lowest BCUT2D eigenvalue weighted by Crippen LogP contribution is -2.27. The van der Waals surface area contributed by atoms with Crippen molar-refractivity contribution < 1.29 is 5.11 Å². The number of hydrogen-bond acceptors (Lipinski definition) is 2. The summed E-state index contributed by atoms with van der Waals surface area (Å²) in [5.41, 5.74) is 0.452. The Morgan fingerprint density at radius 1 is 1.67 bits per heavy atom. The van der Waals surface area contributed by atoms with Crippen LogP contribution in [0.25, 0.3) is 0 Å². The van der Waals surface area contributed by atoms with Crippen molar-refractivity contribution in [1.82, 2.24) is 4.98 Å². The Morgan fingerprint density at radius 2 is 2.47 bits per heavy atom. The van der Waals surface area contributed by atoms with Crippen LogP contribution < -0.4 is 0 Å². The molecule has 82 valence electrons. The van der Waals surface area contributed by atoms with Crippen LogP contribution in [0, 0.1) is 5.92 Å². The summed E-state index contributed by atoms with van der Waals surface area (Å²) in [6.45, 7) is 2.19. The van der Waals surface area contributed by atoms with Gasteiger partial charge in [0.2, 0.25) is 0 Å². The number of nitrogens with zero attached hydrogens (tertiary/aromatic N) is 1. The lowest BCUT2D eigenvalue weighted by molar-refractivity contribution is 0.0446. The molecule has 1 aromatic rings. The molecule has 1 saturated carbocycles. The maximum absolute atomic E-state index is 10.4. The van der Waals surface area contributed by atoms with Gasteiger partial charge < -0.3 is 5.11 Å². The second kappa shape index (κ2) is 4.11. The first kappa shape index (κ1) is 10.9. The average Bonchev–Trinajstić information content (AvgIpc) is 2.51. The van der Waals surface area contributed by atoms with E-state index in [-0.39, 0.29) is 0 Å². The standard InChI is InChI=1S/C12H16ClNO/c1-9-2-4-12(15,6-9)7-10-3-5-14-8-11(10)13/h3,5,8-9,15H,2,4,6-7H2,1H3. The normalized spacial score (nSPS) is 30.7. The quantitative estimate of drug-likeness (QED) is 0.840. The zero-order chi connectivity index (χ0) is 10.9. The number of rotatable bonds is 2. The van der Waals surface area contributed by atoms with Crippen LogP contribution in [0.5, 0.6) is 0 Å². The van der Waals surface area contributed by atoms with Gasteiger partial charge >= 0.3 is 0 Å². The molecule has 1 aromatic heterocycles. The number of hydrogen-bond donors (Lipinski definition) is 1. The fourth-order valence-corrected chi connectivity index (χ4v) is 2.62. The number of halogens is 1. The van der Waals surface area contributed by atoms with E-state index in [2.05, 4.69) is 11.9 Å². The van der Waals surface area contributed by atoms with E-state index in [1.165, 1.54) is 0 Å². The van der Waals surface area contributed by atoms with Gasteiger partial charge in [0.1, 0.15) is 0 Å². The zero-order valence-electron chi connectivity index (χ0n) is 8.91. The second-order valence-corrected chi connectivity index (χ2v) is 5.12. The summed E-state index contributed by atoms with van der Waals surface area (Å²) in [5, 5.41) is 11.0. The molecule has 1 N–H and O–H groups in total. The van der Waals surface area contributed by atoms with Crippen molar-refractivity contribution in [2.24, 2.45) is 5.92 Å². The highest BCUT2D eigenvalue weighted by Gasteiger charge is 2.35. The van der Waals surface area contributed by atoms with Gasteiger partial charge in [-0.25, -0.2) is 0 Å². The molecule has 0 aliphatic heterocycles. The van der Waals surface area contributed by atoms with Crippen LogP contribution >= 0.6 is 11.6 Å². The molecular weight excluding hydrogens is 210 g/mol. The molecule has 3 heteroatoms. The molecule has 2 rings (SSSR count). The highest BCUT2D eigenvalue weighted by atomic mass is 35.5. The Morgan fingerprint density at radius 3 is 3.07 bits per heavy atom. The third kappa shape index (κ3) is 2.50. The van der Waals surface area contributed by atoms with Crippen LogP contribution in [-0.2, 0) is 6.42 Å². The van der Waals surface area contributed by atoms with Gasteiger partial charge in [-0.15, -0.1) is 0 Å². The van der Waals surface area contributed by atoms with Gasteiger partial charge in [-0.2, -0.15) is 0 Å². The third-order valence-corrected chi connectivity index (χ3v) is 3.55. The highest BCUT2D eigenvalue weighted by molar-refractivity contribution is 6.31. The molecule has 1 heterocycles. The van der Waals surface area contributed by atoms with Crippen LogP contribution in [0.3, 0.4) is 0 Å². The molecule has 2 atom stereocenters. The SMILES string of the molecule is CC1CCC(O)(Cc2ccncc2Cl)C1. The molecule has 15 heavy (non-hydrogen) atoms. The summed E-state index contributed by atoms with van der Waals surface area (Å²) in [6, 6.07) is 1.89. The van der Waals surface area contributed by atoms with Crippen LogP contribution in [0.1, 0.15) is 31.7 Å². The van der Waals surface area contributed by atoms with Crippen molar-refractivity contribution in [2.75, 3.05) is 0 Å². The van der Waals surface area contributed by atoms with Crippen LogP contribution in [0.2, 0.25) is 5.02 Å². The van der Waals surface area contributed by atoms with E-state index in [0.717, 1.165) is 24.8 Å². The third-order valence-electron chi connectivity index (χ3n) is 3.21. The lowest BCUT2D eigenvalue weighted by Gasteiger charge is -2.22. The first-order valence-electron chi connectivity index (χ1n) is 5.40. The number of pyridine rings is 1. The van der Waals surface area contributed by atoms with Gasteiger partial charge in [-0.3, -0.25) is 4.98 Å². The van der Waals surface area contributed by atoms with E-state index in [0.29, 0.717) is 17.4 Å². The lowest BCUT2D eigenvalue weighted by atomic mass is 9.92. The molecule has 2 unspecified atom stereocenters. The minimum absolute atomic E-state index is 0.551. The summed E-state index contributed by atoms with van der Waals surface area (Å²) < 4.78 is 0. The molecular formula is C12H16ClNO. The molecule has 1 aliphatic carbocycles. The van der Waals surface area contributed by atoms with Crippen LogP contribution in [-0.4, -0.2) is 15.7 Å². The monoisotopic (exact) mass is 225 g/mol. The summed E-state index contributed by atoms with van der Waals surface area (Å²) in [7, 11) is 0. The van der Waals surface area contributed by atoms with Gasteiger partial charge in [-0.1, -0.05) is 18.5 Å². The van der Waals surface area contributed by atoms with Crippen molar-refractivity contribution >= 4 is 11.6 Å². The molecule has 2 nitrogen and oxygen atoms in total. The smallest absolute Gasteiger partial charge is 0.0691 e. The average molecular weight is 226 g/mol. The Labute approximate surface area is 95.3 Å². The maximum atomic E-state index is 10.4. The molecule has 1 fully saturated rings. The first-order valence-corrected chi connectivity index (χ1v) is 5.78. The van der Waals surface area contributed by atoms with E-state index < -0.39 is 5.60 Å². The maximum Gasteiger partial charge on any atom is 0.0691 e. The highest BCUT2D eigenvalue weighted by Crippen LogP contribution is 2.37. The van der Waals surface area contributed by atoms with E-state index in [1.54, 1.807) is 12.4 Å². The fraction of sp³-hybridized carbons (Fsp3) is 0.583. The predicted molar refractivity (Wildman–Crippen MR) is 60.9 cm³/mol. The van der Waals surface area contributed by atoms with Gasteiger partial charge in [0, 0.05) is 18.8 Å². The zero-order valence-corrected chi connectivity index (χ0v) is 9.67. The molecule has 0 amide bonds. The van der Waals surface area contributed by atoms with Gasteiger partial charge in [0.25, 0.3) is 0 Å². The summed E-state index contributed by atoms with van der Waals surface area (Å²) in [4.78, 5) is 3.94. The largest absolute Gasteiger partial charge is 0.390 e.